The molecule has 0 spiro atoms. The Kier molecular flexibility index (Phi) is 5.15. The quantitative estimate of drug-likeness (QED) is 0.721. The fraction of sp³-hybridized carbons (Fsp3) is 0.304. The van der Waals surface area contributed by atoms with Crippen molar-refractivity contribution < 1.29 is 9.53 Å². The van der Waals surface area contributed by atoms with Crippen LogP contribution in [0.1, 0.15) is 24.0 Å². The van der Waals surface area contributed by atoms with Crippen molar-refractivity contribution >= 4 is 28.3 Å². The summed E-state index contributed by atoms with van der Waals surface area (Å²) in [7, 11) is 1.63. The zero-order valence-electron chi connectivity index (χ0n) is 16.4. The minimum absolute atomic E-state index is 0.0381. The van der Waals surface area contributed by atoms with E-state index in [0.29, 0.717) is 6.42 Å². The maximum Gasteiger partial charge on any atom is 0.228 e. The lowest BCUT2D eigenvalue weighted by molar-refractivity contribution is -0.115. The Hall–Kier alpha value is -3.08. The summed E-state index contributed by atoms with van der Waals surface area (Å²) in [4.78, 5) is 19.6. The highest BCUT2D eigenvalue weighted by Gasteiger charge is 2.15. The van der Waals surface area contributed by atoms with Gasteiger partial charge in [0, 0.05) is 24.2 Å². The van der Waals surface area contributed by atoms with Crippen molar-refractivity contribution in [1.82, 2.24) is 4.98 Å². The predicted octanol–water partition coefficient (Wildman–Crippen LogP) is 4.33. The van der Waals surface area contributed by atoms with Gasteiger partial charge in [0.1, 0.15) is 11.6 Å². The first kappa shape index (κ1) is 18.3. The van der Waals surface area contributed by atoms with E-state index < -0.39 is 0 Å². The topological polar surface area (TPSA) is 54.5 Å². The Morgan fingerprint density at radius 2 is 1.86 bits per heavy atom. The Balaban J connectivity index is 1.49. The summed E-state index contributed by atoms with van der Waals surface area (Å²) < 4.78 is 5.15. The summed E-state index contributed by atoms with van der Waals surface area (Å²) in [5.74, 6) is 1.80. The second-order valence-corrected chi connectivity index (χ2v) is 7.30. The molecule has 0 saturated carbocycles. The van der Waals surface area contributed by atoms with E-state index in [1.54, 1.807) is 7.11 Å². The minimum Gasteiger partial charge on any atom is -0.497 e. The van der Waals surface area contributed by atoms with Gasteiger partial charge in [0.2, 0.25) is 5.91 Å². The average molecular weight is 375 g/mol. The third-order valence-corrected chi connectivity index (χ3v) is 5.24. The van der Waals surface area contributed by atoms with E-state index in [1.807, 2.05) is 42.5 Å². The number of pyridine rings is 1. The number of amides is 1. The lowest BCUT2D eigenvalue weighted by Gasteiger charge is -2.18. The molecule has 0 aliphatic carbocycles. The molecule has 2 aromatic carbocycles. The van der Waals surface area contributed by atoms with Crippen molar-refractivity contribution in [3.8, 4) is 5.75 Å². The summed E-state index contributed by atoms with van der Waals surface area (Å²) in [6, 6.07) is 15.6. The zero-order valence-corrected chi connectivity index (χ0v) is 16.4. The first-order valence-electron chi connectivity index (χ1n) is 9.71. The Bertz CT molecular complexity index is 993. The lowest BCUT2D eigenvalue weighted by Crippen LogP contribution is -2.19. The van der Waals surface area contributed by atoms with Gasteiger partial charge in [0.05, 0.1) is 19.0 Å². The molecule has 0 radical (unpaired) electrons. The molecular weight excluding hydrogens is 350 g/mol. The number of nitrogens with one attached hydrogen (secondary N) is 1. The van der Waals surface area contributed by atoms with Crippen LogP contribution in [0, 0.1) is 6.92 Å². The van der Waals surface area contributed by atoms with Gasteiger partial charge < -0.3 is 15.0 Å². The van der Waals surface area contributed by atoms with Crippen molar-refractivity contribution in [3.63, 3.8) is 0 Å². The number of anilines is 2. The van der Waals surface area contributed by atoms with Crippen LogP contribution < -0.4 is 15.0 Å². The van der Waals surface area contributed by atoms with Crippen LogP contribution in [0.15, 0.2) is 48.5 Å². The number of nitrogens with zero attached hydrogens (tertiary/aromatic N) is 2. The molecule has 2 heterocycles. The van der Waals surface area contributed by atoms with E-state index in [0.717, 1.165) is 46.8 Å². The van der Waals surface area contributed by atoms with Crippen molar-refractivity contribution in [3.05, 3.63) is 59.7 Å². The molecule has 4 rings (SSSR count). The molecule has 1 aliphatic rings. The van der Waals surface area contributed by atoms with Gasteiger partial charge in [0.15, 0.2) is 0 Å². The molecule has 1 amide bonds. The lowest BCUT2D eigenvalue weighted by atomic mass is 10.1. The van der Waals surface area contributed by atoms with Crippen LogP contribution in [0.25, 0.3) is 10.9 Å². The van der Waals surface area contributed by atoms with E-state index in [2.05, 4.69) is 23.2 Å². The zero-order chi connectivity index (χ0) is 19.5. The standard InChI is InChI=1S/C23H25N3O2/c1-16-13-22(26-11-3-4-12-26)25-21-10-7-18(15-20(16)21)24-23(27)14-17-5-8-19(28-2)9-6-17/h5-10,13,15H,3-4,11-12,14H2,1-2H3,(H,24,27). The Morgan fingerprint density at radius 3 is 2.57 bits per heavy atom. The number of carbonyl (C=O) groups is 1. The first-order valence-corrected chi connectivity index (χ1v) is 9.71. The largest absolute Gasteiger partial charge is 0.497 e. The number of carbonyl (C=O) groups excluding carboxylic acids is 1. The molecule has 1 saturated heterocycles. The first-order chi connectivity index (χ1) is 13.6. The molecular formula is C23H25N3O2. The number of hydrogen-bond donors (Lipinski definition) is 1. The van der Waals surface area contributed by atoms with E-state index in [9.17, 15) is 4.79 Å². The predicted molar refractivity (Wildman–Crippen MR) is 113 cm³/mol. The van der Waals surface area contributed by atoms with Crippen LogP contribution in [-0.2, 0) is 11.2 Å². The highest BCUT2D eigenvalue weighted by molar-refractivity contribution is 5.95. The fourth-order valence-electron chi connectivity index (χ4n) is 3.70. The number of ether oxygens (including phenoxy) is 1. The SMILES string of the molecule is COc1ccc(CC(=O)Nc2ccc3nc(N4CCCC4)cc(C)c3c2)cc1. The highest BCUT2D eigenvalue weighted by Crippen LogP contribution is 2.27. The number of methoxy groups -OCH3 is 1. The molecule has 5 nitrogen and oxygen atoms in total. The van der Waals surface area contributed by atoms with Gasteiger partial charge in [0.25, 0.3) is 0 Å². The molecule has 0 unspecified atom stereocenters. The molecule has 3 aromatic rings. The molecule has 0 atom stereocenters. The molecule has 28 heavy (non-hydrogen) atoms. The highest BCUT2D eigenvalue weighted by atomic mass is 16.5. The van der Waals surface area contributed by atoms with Crippen molar-refractivity contribution in [1.29, 1.82) is 0 Å². The number of hydrogen-bond acceptors (Lipinski definition) is 4. The minimum atomic E-state index is -0.0381. The number of fused-ring (bicyclic) bond motifs is 1. The van der Waals surface area contributed by atoms with Crippen LogP contribution in [0.2, 0.25) is 0 Å². The summed E-state index contributed by atoms with van der Waals surface area (Å²) in [5, 5.41) is 4.07. The fourth-order valence-corrected chi connectivity index (χ4v) is 3.70. The van der Waals surface area contributed by atoms with Gasteiger partial charge >= 0.3 is 0 Å². The monoisotopic (exact) mass is 375 g/mol. The summed E-state index contributed by atoms with van der Waals surface area (Å²) >= 11 is 0. The smallest absolute Gasteiger partial charge is 0.228 e. The van der Waals surface area contributed by atoms with Gasteiger partial charge in [-0.1, -0.05) is 12.1 Å². The second kappa shape index (κ2) is 7.89. The van der Waals surface area contributed by atoms with Crippen molar-refractivity contribution in [2.75, 3.05) is 30.4 Å². The van der Waals surface area contributed by atoms with Gasteiger partial charge in [-0.3, -0.25) is 4.79 Å². The molecule has 1 fully saturated rings. The van der Waals surface area contributed by atoms with Crippen LogP contribution in [0.4, 0.5) is 11.5 Å². The number of benzene rings is 2. The number of aromatic nitrogens is 1. The second-order valence-electron chi connectivity index (χ2n) is 7.30. The van der Waals surface area contributed by atoms with E-state index in [-0.39, 0.29) is 5.91 Å². The summed E-state index contributed by atoms with van der Waals surface area (Å²) in [5.41, 5.74) is 3.89. The molecule has 5 heteroatoms. The third kappa shape index (κ3) is 3.93. The van der Waals surface area contributed by atoms with E-state index in [4.69, 9.17) is 9.72 Å². The van der Waals surface area contributed by atoms with Gasteiger partial charge in [-0.05, 0) is 67.3 Å². The molecule has 1 aromatic heterocycles. The van der Waals surface area contributed by atoms with Crippen LogP contribution >= 0.6 is 0 Å². The maximum absolute atomic E-state index is 12.4. The molecule has 1 N–H and O–H groups in total. The summed E-state index contributed by atoms with van der Waals surface area (Å²) in [6.45, 7) is 4.27. The van der Waals surface area contributed by atoms with Crippen molar-refractivity contribution in [2.24, 2.45) is 0 Å². The molecule has 144 valence electrons. The van der Waals surface area contributed by atoms with Gasteiger partial charge in [-0.2, -0.15) is 0 Å². The normalized spacial score (nSPS) is 13.7. The van der Waals surface area contributed by atoms with Gasteiger partial charge in [-0.25, -0.2) is 4.98 Å². The van der Waals surface area contributed by atoms with Crippen LogP contribution in [0.3, 0.4) is 0 Å². The van der Waals surface area contributed by atoms with Crippen LogP contribution in [0.5, 0.6) is 5.75 Å². The van der Waals surface area contributed by atoms with E-state index >= 15 is 0 Å². The van der Waals surface area contributed by atoms with Crippen molar-refractivity contribution in [2.45, 2.75) is 26.2 Å². The Labute approximate surface area is 165 Å². The third-order valence-electron chi connectivity index (χ3n) is 5.24. The molecule has 0 bridgehead atoms. The molecule has 1 aliphatic heterocycles. The maximum atomic E-state index is 12.4. The number of aryl methyl sites for hydroxylation is 1. The summed E-state index contributed by atoms with van der Waals surface area (Å²) in [6.07, 6.45) is 2.79. The number of rotatable bonds is 5. The van der Waals surface area contributed by atoms with Crippen LogP contribution in [-0.4, -0.2) is 31.1 Å². The average Bonchev–Trinajstić information content (AvgIpc) is 3.24. The Morgan fingerprint density at radius 1 is 1.11 bits per heavy atom. The van der Waals surface area contributed by atoms with E-state index in [1.165, 1.54) is 18.4 Å². The van der Waals surface area contributed by atoms with Gasteiger partial charge in [-0.15, -0.1) is 0 Å².